The first-order valence-electron chi connectivity index (χ1n) is 13.3. The van der Waals surface area contributed by atoms with Crippen LogP contribution in [0.25, 0.3) is 22.3 Å². The highest BCUT2D eigenvalue weighted by Gasteiger charge is 2.53. The summed E-state index contributed by atoms with van der Waals surface area (Å²) in [5, 5.41) is 82.0. The molecule has 8 N–H and O–H groups in total. The molecule has 2 saturated heterocycles. The average molecular weight is 625 g/mol. The van der Waals surface area contributed by atoms with Gasteiger partial charge in [-0.25, -0.2) is 0 Å². The number of ether oxygens (including phenoxy) is 6. The topological polar surface area (TPSA) is 247 Å². The molecular formula is C28H32O16. The lowest BCUT2D eigenvalue weighted by atomic mass is 9.98. The van der Waals surface area contributed by atoms with Crippen molar-refractivity contribution in [1.82, 2.24) is 0 Å². The third-order valence-corrected chi connectivity index (χ3v) is 7.51. The molecule has 0 spiro atoms. The van der Waals surface area contributed by atoms with E-state index in [2.05, 4.69) is 0 Å². The van der Waals surface area contributed by atoms with Crippen LogP contribution in [0.3, 0.4) is 0 Å². The van der Waals surface area contributed by atoms with Crippen molar-refractivity contribution in [2.45, 2.75) is 48.7 Å². The van der Waals surface area contributed by atoms with E-state index < -0.39 is 90.8 Å². The summed E-state index contributed by atoms with van der Waals surface area (Å²) < 4.78 is 39.5. The maximum atomic E-state index is 13.3. The van der Waals surface area contributed by atoms with Crippen LogP contribution in [-0.2, 0) is 14.2 Å². The molecule has 0 amide bonds. The summed E-state index contributed by atoms with van der Waals surface area (Å²) in [7, 11) is 2.38. The van der Waals surface area contributed by atoms with E-state index in [-0.39, 0.29) is 28.6 Å². The Morgan fingerprint density at radius 2 is 1.64 bits per heavy atom. The maximum absolute atomic E-state index is 13.3. The molecule has 240 valence electrons. The normalized spacial score (nSPS) is 30.4. The van der Waals surface area contributed by atoms with Gasteiger partial charge in [0.25, 0.3) is 0 Å². The largest absolute Gasteiger partial charge is 0.508 e. The molecule has 0 bridgehead atoms. The first-order chi connectivity index (χ1) is 21.0. The van der Waals surface area contributed by atoms with Crippen molar-refractivity contribution in [3.8, 4) is 40.1 Å². The van der Waals surface area contributed by atoms with Crippen LogP contribution in [0.15, 0.2) is 39.5 Å². The number of methoxy groups -OCH3 is 2. The predicted molar refractivity (Wildman–Crippen MR) is 145 cm³/mol. The van der Waals surface area contributed by atoms with Crippen LogP contribution in [0.4, 0.5) is 0 Å². The van der Waals surface area contributed by atoms with Gasteiger partial charge in [0.05, 0.1) is 34.0 Å². The van der Waals surface area contributed by atoms with Gasteiger partial charge in [-0.05, 0) is 24.3 Å². The van der Waals surface area contributed by atoms with E-state index in [0.717, 1.165) is 6.07 Å². The van der Waals surface area contributed by atoms with Gasteiger partial charge >= 0.3 is 0 Å². The molecule has 0 saturated carbocycles. The molecule has 8 atom stereocenters. The van der Waals surface area contributed by atoms with Crippen molar-refractivity contribution in [1.29, 1.82) is 0 Å². The Bertz CT molecular complexity index is 1540. The molecule has 2 aliphatic rings. The lowest BCUT2D eigenvalue weighted by Crippen LogP contribution is -2.62. The maximum Gasteiger partial charge on any atom is 0.230 e. The fourth-order valence-electron chi connectivity index (χ4n) is 5.03. The van der Waals surface area contributed by atoms with Crippen molar-refractivity contribution >= 4 is 11.0 Å². The van der Waals surface area contributed by atoms with E-state index in [1.54, 1.807) is 0 Å². The minimum absolute atomic E-state index is 0.00853. The molecule has 8 unspecified atom stereocenters. The van der Waals surface area contributed by atoms with Crippen molar-refractivity contribution in [3.63, 3.8) is 0 Å². The SMILES string of the molecule is COc1c(OC)c(O)c2c(=O)cc(-c3ccc(O)cc3)oc2c1OC1OC(CO)C(O)C(O)C1OC1OCC(O)(CO)C1O. The zero-order valence-corrected chi connectivity index (χ0v) is 23.4. The number of phenols is 2. The second-order valence-electron chi connectivity index (χ2n) is 10.3. The average Bonchev–Trinajstić information content (AvgIpc) is 3.30. The number of aromatic hydroxyl groups is 2. The Hall–Kier alpha value is -3.71. The number of phenolic OH excluding ortho intramolecular Hbond substituents is 2. The van der Waals surface area contributed by atoms with Crippen LogP contribution in [-0.4, -0.2) is 124 Å². The van der Waals surface area contributed by atoms with Crippen molar-refractivity contribution in [2.24, 2.45) is 0 Å². The Morgan fingerprint density at radius 3 is 2.23 bits per heavy atom. The minimum atomic E-state index is -2.09. The van der Waals surface area contributed by atoms with Gasteiger partial charge in [0, 0.05) is 11.6 Å². The number of aliphatic hydroxyl groups is 6. The molecule has 44 heavy (non-hydrogen) atoms. The molecule has 1 aromatic heterocycles. The summed E-state index contributed by atoms with van der Waals surface area (Å²) in [5.74, 6) is -1.73. The third-order valence-electron chi connectivity index (χ3n) is 7.51. The standard InChI is InChI=1S/C28H32O16/c1-38-21-18(34)16-13(32)7-14(11-3-5-12(31)6-4-11)41-20(16)24(23(21)39-2)44-26-22(19(35)17(33)15(8-29)42-26)43-27-25(36)28(37,9-30)10-40-27/h3-7,15,17,19,22,25-27,29-31,33-37H,8-10H2,1-2H3. The number of hydrogen-bond acceptors (Lipinski definition) is 16. The van der Waals surface area contributed by atoms with Gasteiger partial charge < -0.3 is 73.7 Å². The summed E-state index contributed by atoms with van der Waals surface area (Å²) in [6.45, 7) is -2.20. The summed E-state index contributed by atoms with van der Waals surface area (Å²) in [6.07, 6.45) is -11.9. The molecule has 3 heterocycles. The zero-order valence-electron chi connectivity index (χ0n) is 23.4. The summed E-state index contributed by atoms with van der Waals surface area (Å²) in [6, 6.07) is 6.76. The molecule has 5 rings (SSSR count). The highest BCUT2D eigenvalue weighted by molar-refractivity contribution is 5.95. The molecule has 2 fully saturated rings. The van der Waals surface area contributed by atoms with Crippen LogP contribution in [0.1, 0.15) is 0 Å². The number of rotatable bonds is 9. The molecular weight excluding hydrogens is 592 g/mol. The molecule has 16 nitrogen and oxygen atoms in total. The number of hydrogen-bond donors (Lipinski definition) is 8. The van der Waals surface area contributed by atoms with Gasteiger partial charge in [-0.3, -0.25) is 4.79 Å². The van der Waals surface area contributed by atoms with E-state index in [1.807, 2.05) is 0 Å². The molecule has 2 aliphatic heterocycles. The molecule has 16 heteroatoms. The van der Waals surface area contributed by atoms with Crippen molar-refractivity contribution in [2.75, 3.05) is 34.0 Å². The first-order valence-corrected chi connectivity index (χ1v) is 13.3. The van der Waals surface area contributed by atoms with Gasteiger partial charge in [-0.15, -0.1) is 0 Å². The zero-order chi connectivity index (χ0) is 31.9. The highest BCUT2D eigenvalue weighted by atomic mass is 16.8. The summed E-state index contributed by atoms with van der Waals surface area (Å²) >= 11 is 0. The lowest BCUT2D eigenvalue weighted by molar-refractivity contribution is -0.318. The quantitative estimate of drug-likeness (QED) is 0.135. The summed E-state index contributed by atoms with van der Waals surface area (Å²) in [4.78, 5) is 13.3. The molecule has 0 radical (unpaired) electrons. The van der Waals surface area contributed by atoms with Gasteiger partial charge in [0.2, 0.25) is 23.5 Å². The first kappa shape index (κ1) is 31.7. The predicted octanol–water partition coefficient (Wildman–Crippen LogP) is -1.47. The fourth-order valence-corrected chi connectivity index (χ4v) is 5.03. The van der Waals surface area contributed by atoms with E-state index in [9.17, 15) is 45.6 Å². The van der Waals surface area contributed by atoms with E-state index in [0.29, 0.717) is 5.56 Å². The van der Waals surface area contributed by atoms with E-state index >= 15 is 0 Å². The van der Waals surface area contributed by atoms with Crippen LogP contribution in [0.5, 0.6) is 28.7 Å². The molecule has 2 aromatic carbocycles. The smallest absolute Gasteiger partial charge is 0.230 e. The highest BCUT2D eigenvalue weighted by Crippen LogP contribution is 2.51. The monoisotopic (exact) mass is 624 g/mol. The Balaban J connectivity index is 1.64. The minimum Gasteiger partial charge on any atom is -0.508 e. The van der Waals surface area contributed by atoms with Gasteiger partial charge in [0.15, 0.2) is 29.2 Å². The summed E-state index contributed by atoms with van der Waals surface area (Å²) in [5.41, 5.74) is -2.83. The van der Waals surface area contributed by atoms with Crippen molar-refractivity contribution in [3.05, 3.63) is 40.6 Å². The Kier molecular flexibility index (Phi) is 8.90. The Morgan fingerprint density at radius 1 is 0.955 bits per heavy atom. The van der Waals surface area contributed by atoms with E-state index in [1.165, 1.54) is 38.5 Å². The number of fused-ring (bicyclic) bond motifs is 1. The van der Waals surface area contributed by atoms with Crippen LogP contribution in [0.2, 0.25) is 0 Å². The second kappa shape index (κ2) is 12.4. The number of benzene rings is 2. The van der Waals surface area contributed by atoms with Crippen LogP contribution in [0, 0.1) is 0 Å². The van der Waals surface area contributed by atoms with Gasteiger partial charge in [0.1, 0.15) is 46.9 Å². The second-order valence-corrected chi connectivity index (χ2v) is 10.3. The van der Waals surface area contributed by atoms with Gasteiger partial charge in [-0.1, -0.05) is 0 Å². The van der Waals surface area contributed by atoms with Crippen LogP contribution < -0.4 is 19.6 Å². The van der Waals surface area contributed by atoms with Gasteiger partial charge in [-0.2, -0.15) is 0 Å². The molecule has 0 aliphatic carbocycles. The number of aliphatic hydroxyl groups excluding tert-OH is 5. The van der Waals surface area contributed by atoms with E-state index in [4.69, 9.17) is 32.8 Å². The fraction of sp³-hybridized carbons (Fsp3) is 0.464. The third kappa shape index (κ3) is 5.40. The lowest BCUT2D eigenvalue weighted by Gasteiger charge is -2.42. The Labute approximate surface area is 248 Å². The van der Waals surface area contributed by atoms with Crippen molar-refractivity contribution < 1.29 is 73.7 Å². The molecule has 3 aromatic rings. The van der Waals surface area contributed by atoms with Crippen LogP contribution >= 0.6 is 0 Å².